The third-order valence-electron chi connectivity index (χ3n) is 2.77. The van der Waals surface area contributed by atoms with E-state index in [0.29, 0.717) is 12.2 Å². The number of pyridine rings is 1. The molecule has 1 aromatic heterocycles. The van der Waals surface area contributed by atoms with E-state index < -0.39 is 0 Å². The highest BCUT2D eigenvalue weighted by Gasteiger charge is 2.25. The lowest BCUT2D eigenvalue weighted by Gasteiger charge is -2.04. The summed E-state index contributed by atoms with van der Waals surface area (Å²) in [5.74, 6) is -0.249. The molecule has 0 saturated carbocycles. The Kier molecular flexibility index (Phi) is 1.57. The van der Waals surface area contributed by atoms with Gasteiger partial charge in [-0.25, -0.2) is 9.78 Å². The maximum Gasteiger partial charge on any atom is 0.340 e. The lowest BCUT2D eigenvalue weighted by Crippen LogP contribution is -1.99. The third kappa shape index (κ3) is 1.06. The number of carbonyl (C=O) groups excluding carboxylic acids is 1. The number of fused-ring (bicyclic) bond motifs is 2. The standard InChI is InChI=1S/C12H9NO2/c1-7-8-4-2-3-5-9(8)13-10-6-15-12(14)11(7)10/h2-5H,6H2,1H3. The highest BCUT2D eigenvalue weighted by atomic mass is 16.5. The van der Waals surface area contributed by atoms with Gasteiger partial charge in [0.15, 0.2) is 0 Å². The van der Waals surface area contributed by atoms with Gasteiger partial charge in [0.25, 0.3) is 0 Å². The maximum absolute atomic E-state index is 11.5. The quantitative estimate of drug-likeness (QED) is 0.610. The largest absolute Gasteiger partial charge is 0.455 e. The van der Waals surface area contributed by atoms with Crippen molar-refractivity contribution in [2.24, 2.45) is 0 Å². The lowest BCUT2D eigenvalue weighted by molar-refractivity contribution is 0.0533. The summed E-state index contributed by atoms with van der Waals surface area (Å²) in [6.07, 6.45) is 0. The molecule has 0 atom stereocenters. The molecule has 0 spiro atoms. The maximum atomic E-state index is 11.5. The number of rotatable bonds is 0. The number of hydrogen-bond donors (Lipinski definition) is 0. The summed E-state index contributed by atoms with van der Waals surface area (Å²) in [5.41, 5.74) is 3.30. The molecule has 3 nitrogen and oxygen atoms in total. The zero-order valence-corrected chi connectivity index (χ0v) is 8.28. The molecule has 2 heterocycles. The van der Waals surface area contributed by atoms with Crippen LogP contribution in [0.25, 0.3) is 10.9 Å². The Morgan fingerprint density at radius 1 is 1.33 bits per heavy atom. The molecule has 3 rings (SSSR count). The van der Waals surface area contributed by atoms with Crippen molar-refractivity contribution >= 4 is 16.9 Å². The molecule has 1 aromatic carbocycles. The molecule has 0 N–H and O–H groups in total. The number of aryl methyl sites for hydroxylation is 1. The van der Waals surface area contributed by atoms with Crippen LogP contribution in [-0.4, -0.2) is 11.0 Å². The van der Waals surface area contributed by atoms with Crippen LogP contribution < -0.4 is 0 Å². The fourth-order valence-electron chi connectivity index (χ4n) is 2.02. The summed E-state index contributed by atoms with van der Waals surface area (Å²) >= 11 is 0. The molecular weight excluding hydrogens is 190 g/mol. The van der Waals surface area contributed by atoms with Crippen molar-refractivity contribution in [3.8, 4) is 0 Å². The predicted molar refractivity (Wildman–Crippen MR) is 55.6 cm³/mol. The first-order chi connectivity index (χ1) is 7.27. The molecule has 74 valence electrons. The minimum atomic E-state index is -0.249. The molecule has 0 unspecified atom stereocenters. The highest BCUT2D eigenvalue weighted by Crippen LogP contribution is 2.27. The summed E-state index contributed by atoms with van der Waals surface area (Å²) < 4.78 is 4.97. The molecule has 0 bridgehead atoms. The van der Waals surface area contributed by atoms with Crippen LogP contribution in [0.1, 0.15) is 21.6 Å². The van der Waals surface area contributed by atoms with E-state index in [4.69, 9.17) is 4.74 Å². The van der Waals surface area contributed by atoms with Gasteiger partial charge in [-0.2, -0.15) is 0 Å². The molecule has 0 radical (unpaired) electrons. The van der Waals surface area contributed by atoms with Crippen molar-refractivity contribution in [3.05, 3.63) is 41.1 Å². The topological polar surface area (TPSA) is 39.2 Å². The van der Waals surface area contributed by atoms with Crippen LogP contribution >= 0.6 is 0 Å². The number of cyclic esters (lactones) is 1. The molecule has 0 amide bonds. The van der Waals surface area contributed by atoms with E-state index in [2.05, 4.69) is 4.98 Å². The number of benzene rings is 1. The predicted octanol–water partition coefficient (Wildman–Crippen LogP) is 2.21. The van der Waals surface area contributed by atoms with E-state index in [9.17, 15) is 4.79 Å². The van der Waals surface area contributed by atoms with Gasteiger partial charge in [0.1, 0.15) is 6.61 Å². The zero-order valence-electron chi connectivity index (χ0n) is 8.28. The van der Waals surface area contributed by atoms with Gasteiger partial charge in [0.2, 0.25) is 0 Å². The van der Waals surface area contributed by atoms with Crippen LogP contribution in [0, 0.1) is 6.92 Å². The van der Waals surface area contributed by atoms with Gasteiger partial charge in [-0.05, 0) is 18.6 Å². The molecule has 1 aliphatic rings. The molecule has 15 heavy (non-hydrogen) atoms. The normalized spacial score (nSPS) is 14.1. The molecule has 0 aliphatic carbocycles. The van der Waals surface area contributed by atoms with Crippen molar-refractivity contribution in [1.82, 2.24) is 4.98 Å². The fraction of sp³-hybridized carbons (Fsp3) is 0.167. The Hall–Kier alpha value is -1.90. The number of ether oxygens (including phenoxy) is 1. The van der Waals surface area contributed by atoms with Crippen molar-refractivity contribution < 1.29 is 9.53 Å². The average molecular weight is 199 g/mol. The van der Waals surface area contributed by atoms with Crippen LogP contribution in [0.5, 0.6) is 0 Å². The summed E-state index contributed by atoms with van der Waals surface area (Å²) in [6, 6.07) is 7.82. The third-order valence-corrected chi connectivity index (χ3v) is 2.77. The van der Waals surface area contributed by atoms with Gasteiger partial charge in [-0.3, -0.25) is 0 Å². The summed E-state index contributed by atoms with van der Waals surface area (Å²) in [7, 11) is 0. The van der Waals surface area contributed by atoms with Crippen LogP contribution in [-0.2, 0) is 11.3 Å². The second-order valence-corrected chi connectivity index (χ2v) is 3.65. The monoisotopic (exact) mass is 199 g/mol. The highest BCUT2D eigenvalue weighted by molar-refractivity contribution is 5.99. The molecule has 1 aliphatic heterocycles. The molecular formula is C12H9NO2. The second-order valence-electron chi connectivity index (χ2n) is 3.65. The lowest BCUT2D eigenvalue weighted by atomic mass is 10.0. The SMILES string of the molecule is Cc1c2c(nc3ccccc13)COC2=O. The van der Waals surface area contributed by atoms with Gasteiger partial charge in [0, 0.05) is 5.39 Å². The number of esters is 1. The van der Waals surface area contributed by atoms with Gasteiger partial charge < -0.3 is 4.74 Å². The number of hydrogen-bond acceptors (Lipinski definition) is 3. The van der Waals surface area contributed by atoms with Crippen LogP contribution in [0.3, 0.4) is 0 Å². The number of nitrogens with zero attached hydrogens (tertiary/aromatic N) is 1. The Bertz CT molecular complexity index is 575. The van der Waals surface area contributed by atoms with Crippen molar-refractivity contribution in [1.29, 1.82) is 0 Å². The average Bonchev–Trinajstić information content (AvgIpc) is 2.61. The number of carbonyl (C=O) groups is 1. The zero-order chi connectivity index (χ0) is 10.4. The van der Waals surface area contributed by atoms with E-state index in [1.807, 2.05) is 31.2 Å². The first-order valence-corrected chi connectivity index (χ1v) is 4.83. The Morgan fingerprint density at radius 3 is 3.00 bits per heavy atom. The fourth-order valence-corrected chi connectivity index (χ4v) is 2.02. The Labute approximate surface area is 86.7 Å². The molecule has 2 aromatic rings. The summed E-state index contributed by atoms with van der Waals surface area (Å²) in [5, 5.41) is 1.02. The Morgan fingerprint density at radius 2 is 2.13 bits per heavy atom. The van der Waals surface area contributed by atoms with E-state index in [1.165, 1.54) is 0 Å². The number of aromatic nitrogens is 1. The first kappa shape index (κ1) is 8.41. The van der Waals surface area contributed by atoms with Crippen molar-refractivity contribution in [2.45, 2.75) is 13.5 Å². The van der Waals surface area contributed by atoms with E-state index in [1.54, 1.807) is 0 Å². The summed E-state index contributed by atoms with van der Waals surface area (Å²) in [4.78, 5) is 15.9. The van der Waals surface area contributed by atoms with E-state index in [-0.39, 0.29) is 5.97 Å². The van der Waals surface area contributed by atoms with Crippen LogP contribution in [0.15, 0.2) is 24.3 Å². The molecule has 0 saturated heterocycles. The smallest absolute Gasteiger partial charge is 0.340 e. The van der Waals surface area contributed by atoms with Crippen LogP contribution in [0.2, 0.25) is 0 Å². The van der Waals surface area contributed by atoms with Gasteiger partial charge in [-0.15, -0.1) is 0 Å². The number of para-hydroxylation sites is 1. The van der Waals surface area contributed by atoms with Gasteiger partial charge >= 0.3 is 5.97 Å². The first-order valence-electron chi connectivity index (χ1n) is 4.83. The minimum Gasteiger partial charge on any atom is -0.455 e. The van der Waals surface area contributed by atoms with Crippen molar-refractivity contribution in [3.63, 3.8) is 0 Å². The molecule has 3 heteroatoms. The van der Waals surface area contributed by atoms with Crippen LogP contribution in [0.4, 0.5) is 0 Å². The Balaban J connectivity index is 2.46. The second kappa shape index (κ2) is 2.79. The van der Waals surface area contributed by atoms with Crippen molar-refractivity contribution in [2.75, 3.05) is 0 Å². The molecule has 0 fully saturated rings. The van der Waals surface area contributed by atoms with E-state index >= 15 is 0 Å². The van der Waals surface area contributed by atoms with E-state index in [0.717, 1.165) is 22.2 Å². The van der Waals surface area contributed by atoms with Gasteiger partial charge in [-0.1, -0.05) is 18.2 Å². The minimum absolute atomic E-state index is 0.249. The summed E-state index contributed by atoms with van der Waals surface area (Å²) in [6.45, 7) is 2.25. The van der Waals surface area contributed by atoms with Gasteiger partial charge in [0.05, 0.1) is 16.8 Å².